The van der Waals surface area contributed by atoms with E-state index >= 15 is 4.39 Å². The van der Waals surface area contributed by atoms with E-state index in [1.54, 1.807) is 19.1 Å². The van der Waals surface area contributed by atoms with E-state index in [-0.39, 0.29) is 29.6 Å². The zero-order chi connectivity index (χ0) is 41.6. The lowest BCUT2D eigenvalue weighted by atomic mass is 9.85. The number of hydrogen-bond acceptors (Lipinski definition) is 9. The number of aromatic nitrogens is 1. The molecule has 17 heteroatoms. The Balaban J connectivity index is 1.19. The summed E-state index contributed by atoms with van der Waals surface area (Å²) in [5.41, 5.74) is -4.48. The van der Waals surface area contributed by atoms with Crippen molar-refractivity contribution >= 4 is 46.4 Å². The zero-order valence-corrected chi connectivity index (χ0v) is 33.7. The third-order valence-electron chi connectivity index (χ3n) is 9.71. The summed E-state index contributed by atoms with van der Waals surface area (Å²) < 4.78 is 73.4. The lowest BCUT2D eigenvalue weighted by molar-refractivity contribution is -0.141. The number of likely N-dealkylation sites (tertiary alicyclic amines) is 1. The Morgan fingerprint density at radius 2 is 1.70 bits per heavy atom. The fraction of sp³-hybridized carbons (Fsp3) is 0.590. The third-order valence-corrected chi connectivity index (χ3v) is 10.1. The maximum atomic E-state index is 15.3. The van der Waals surface area contributed by atoms with Gasteiger partial charge in [0.2, 0.25) is 17.7 Å². The summed E-state index contributed by atoms with van der Waals surface area (Å²) in [4.78, 5) is 47.7. The molecule has 4 rings (SSSR count). The van der Waals surface area contributed by atoms with Crippen LogP contribution < -0.4 is 19.9 Å². The SMILES string of the molecule is Cc1nc(OCCCCOCCCOCC(=O)NC(C(=O)N2CCCC2C)C(C)(C)C)ccc1N1C(=S)N(c2ccc(C#N)c(C(F)(F)F)c2F)C(=O)C1(C)C. The van der Waals surface area contributed by atoms with Crippen LogP contribution in [0.15, 0.2) is 24.3 Å². The molecule has 306 valence electrons. The van der Waals surface area contributed by atoms with Crippen molar-refractivity contribution in [3.05, 3.63) is 46.9 Å². The number of halogens is 4. The molecule has 2 unspecified atom stereocenters. The van der Waals surface area contributed by atoms with Crippen LogP contribution in [0.2, 0.25) is 0 Å². The molecular weight excluding hydrogens is 757 g/mol. The van der Waals surface area contributed by atoms with Gasteiger partial charge in [0.05, 0.1) is 35.3 Å². The fourth-order valence-electron chi connectivity index (χ4n) is 6.66. The molecule has 56 heavy (non-hydrogen) atoms. The highest BCUT2D eigenvalue weighted by Crippen LogP contribution is 2.42. The van der Waals surface area contributed by atoms with Gasteiger partial charge in [-0.3, -0.25) is 19.3 Å². The van der Waals surface area contributed by atoms with E-state index in [0.717, 1.165) is 25.0 Å². The molecule has 2 aromatic rings. The molecule has 1 aromatic heterocycles. The highest BCUT2D eigenvalue weighted by Gasteiger charge is 2.52. The molecule has 2 saturated heterocycles. The van der Waals surface area contributed by atoms with Crippen LogP contribution in [-0.4, -0.2) is 89.9 Å². The van der Waals surface area contributed by atoms with Gasteiger partial charge in [-0.2, -0.15) is 18.4 Å². The Hall–Kier alpha value is -4.40. The van der Waals surface area contributed by atoms with Crippen LogP contribution in [0.3, 0.4) is 0 Å². The van der Waals surface area contributed by atoms with E-state index in [2.05, 4.69) is 10.3 Å². The number of carbonyl (C=O) groups excluding carboxylic acids is 3. The number of aryl methyl sites for hydroxylation is 1. The average Bonchev–Trinajstić information content (AvgIpc) is 3.61. The van der Waals surface area contributed by atoms with Crippen LogP contribution in [0.25, 0.3) is 0 Å². The predicted octanol–water partition coefficient (Wildman–Crippen LogP) is 6.46. The predicted molar refractivity (Wildman–Crippen MR) is 205 cm³/mol. The van der Waals surface area contributed by atoms with Gasteiger partial charge in [-0.05, 0) is 95.6 Å². The van der Waals surface area contributed by atoms with Crippen LogP contribution in [0, 0.1) is 29.5 Å². The van der Waals surface area contributed by atoms with Gasteiger partial charge in [0, 0.05) is 38.5 Å². The number of alkyl halides is 3. The average molecular weight is 807 g/mol. The van der Waals surface area contributed by atoms with Crippen molar-refractivity contribution in [3.63, 3.8) is 0 Å². The number of pyridine rings is 1. The minimum Gasteiger partial charge on any atom is -0.478 e. The Kier molecular flexibility index (Phi) is 14.4. The van der Waals surface area contributed by atoms with E-state index in [1.165, 1.54) is 24.8 Å². The van der Waals surface area contributed by atoms with Gasteiger partial charge in [-0.15, -0.1) is 0 Å². The number of nitrogens with one attached hydrogen (secondary N) is 1. The van der Waals surface area contributed by atoms with Gasteiger partial charge in [0.15, 0.2) is 10.9 Å². The summed E-state index contributed by atoms with van der Waals surface area (Å²) in [5, 5.41) is 11.7. The third kappa shape index (κ3) is 10.1. The number of anilines is 2. The van der Waals surface area contributed by atoms with Gasteiger partial charge in [-0.25, -0.2) is 9.37 Å². The molecule has 0 aliphatic carbocycles. The monoisotopic (exact) mass is 806 g/mol. The number of unbranched alkanes of at least 4 members (excludes halogenated alkanes) is 1. The lowest BCUT2D eigenvalue weighted by Gasteiger charge is -2.35. The number of hydrogen-bond donors (Lipinski definition) is 1. The highest BCUT2D eigenvalue weighted by molar-refractivity contribution is 7.81. The Morgan fingerprint density at radius 3 is 2.30 bits per heavy atom. The number of benzene rings is 1. The van der Waals surface area contributed by atoms with Gasteiger partial charge < -0.3 is 29.3 Å². The van der Waals surface area contributed by atoms with Crippen molar-refractivity contribution in [2.75, 3.05) is 49.4 Å². The van der Waals surface area contributed by atoms with E-state index in [0.29, 0.717) is 74.4 Å². The van der Waals surface area contributed by atoms with Crippen LogP contribution in [0.4, 0.5) is 28.9 Å². The van der Waals surface area contributed by atoms with Crippen molar-refractivity contribution in [1.29, 1.82) is 5.26 Å². The molecule has 12 nitrogen and oxygen atoms in total. The number of thiocarbonyl (C=S) groups is 1. The Labute approximate surface area is 330 Å². The van der Waals surface area contributed by atoms with Crippen LogP contribution in [0.1, 0.15) is 90.5 Å². The maximum absolute atomic E-state index is 15.3. The summed E-state index contributed by atoms with van der Waals surface area (Å²) in [7, 11) is 0. The lowest BCUT2D eigenvalue weighted by Crippen LogP contribution is -2.56. The summed E-state index contributed by atoms with van der Waals surface area (Å²) in [6.45, 7) is 14.6. The van der Waals surface area contributed by atoms with Crippen molar-refractivity contribution in [2.45, 2.75) is 104 Å². The second-order valence-electron chi connectivity index (χ2n) is 15.5. The molecule has 1 aromatic carbocycles. The smallest absolute Gasteiger partial charge is 0.420 e. The molecule has 0 radical (unpaired) electrons. The first kappa shape index (κ1) is 44.3. The molecule has 2 aliphatic heterocycles. The number of nitrogens with zero attached hydrogens (tertiary/aromatic N) is 5. The Bertz CT molecular complexity index is 1830. The normalized spacial score (nSPS) is 17.7. The molecule has 1 N–H and O–H groups in total. The molecule has 0 bridgehead atoms. The summed E-state index contributed by atoms with van der Waals surface area (Å²) in [5.74, 6) is -2.62. The number of amides is 3. The van der Waals surface area contributed by atoms with Gasteiger partial charge in [0.25, 0.3) is 5.91 Å². The molecule has 3 amide bonds. The number of nitriles is 1. The summed E-state index contributed by atoms with van der Waals surface area (Å²) in [6.07, 6.45) is -1.31. The van der Waals surface area contributed by atoms with Crippen LogP contribution in [-0.2, 0) is 30.0 Å². The van der Waals surface area contributed by atoms with Gasteiger partial charge in [-0.1, -0.05) is 20.8 Å². The van der Waals surface area contributed by atoms with Crippen molar-refractivity contribution in [2.24, 2.45) is 5.41 Å². The molecule has 2 fully saturated rings. The highest BCUT2D eigenvalue weighted by atomic mass is 32.1. The molecular formula is C39H50F4N6O6S. The zero-order valence-electron chi connectivity index (χ0n) is 32.8. The van der Waals surface area contributed by atoms with E-state index < -0.39 is 51.7 Å². The molecule has 2 atom stereocenters. The first-order chi connectivity index (χ1) is 26.2. The summed E-state index contributed by atoms with van der Waals surface area (Å²) in [6, 6.07) is 5.80. The topological polar surface area (TPSA) is 137 Å². The number of carbonyl (C=O) groups is 3. The minimum absolute atomic E-state index is 0.0588. The first-order valence-electron chi connectivity index (χ1n) is 18.6. The first-order valence-corrected chi connectivity index (χ1v) is 19.0. The standard InChI is InChI=1S/C39H50F4N6O6S/c1-24-12-10-17-47(24)34(51)33(37(3,4)5)46-29(50)23-54-20-11-19-53-18-8-9-21-55-30-16-15-27(25(2)45-30)49-36(56)48(35(52)38(49,6)7)28-14-13-26(22-44)31(32(28)40)39(41,42)43/h13-16,24,33H,8-12,17-21,23H2,1-7H3,(H,46,50). The summed E-state index contributed by atoms with van der Waals surface area (Å²) >= 11 is 5.53. The van der Waals surface area contributed by atoms with Crippen LogP contribution >= 0.6 is 12.2 Å². The van der Waals surface area contributed by atoms with E-state index in [9.17, 15) is 27.6 Å². The molecule has 0 spiro atoms. The van der Waals surface area contributed by atoms with Crippen LogP contribution in [0.5, 0.6) is 5.88 Å². The molecule has 2 aliphatic rings. The fourth-order valence-corrected chi connectivity index (χ4v) is 7.17. The Morgan fingerprint density at radius 1 is 1.05 bits per heavy atom. The molecule has 0 saturated carbocycles. The second-order valence-corrected chi connectivity index (χ2v) is 15.8. The van der Waals surface area contributed by atoms with Crippen molar-refractivity contribution in [1.82, 2.24) is 15.2 Å². The second kappa shape index (κ2) is 18.2. The molecule has 3 heterocycles. The van der Waals surface area contributed by atoms with Gasteiger partial charge in [0.1, 0.15) is 23.8 Å². The maximum Gasteiger partial charge on any atom is 0.420 e. The van der Waals surface area contributed by atoms with Crippen molar-refractivity contribution in [3.8, 4) is 11.9 Å². The largest absolute Gasteiger partial charge is 0.478 e. The quantitative estimate of drug-likeness (QED) is 0.114. The minimum atomic E-state index is -5.18. The number of rotatable bonds is 16. The number of ether oxygens (including phenoxy) is 3. The van der Waals surface area contributed by atoms with E-state index in [4.69, 9.17) is 31.7 Å². The van der Waals surface area contributed by atoms with Crippen molar-refractivity contribution < 1.29 is 46.2 Å². The van der Waals surface area contributed by atoms with Gasteiger partial charge >= 0.3 is 6.18 Å². The van der Waals surface area contributed by atoms with E-state index in [1.807, 2.05) is 32.6 Å².